The Labute approximate surface area is 181 Å². The predicted octanol–water partition coefficient (Wildman–Crippen LogP) is 3.06. The summed E-state index contributed by atoms with van der Waals surface area (Å²) < 4.78 is 5.58. The highest BCUT2D eigenvalue weighted by Crippen LogP contribution is 2.47. The normalized spacial score (nSPS) is 28.7. The minimum atomic E-state index is -1.12. The zero-order chi connectivity index (χ0) is 22.1. The van der Waals surface area contributed by atoms with Crippen LogP contribution in [0.15, 0.2) is 18.3 Å². The van der Waals surface area contributed by atoms with Gasteiger partial charge in [-0.2, -0.15) is 10.4 Å². The number of hydrogen-bond acceptors (Lipinski definition) is 8. The number of hydrogen-bond donors (Lipinski definition) is 4. The van der Waals surface area contributed by atoms with E-state index in [0.29, 0.717) is 68.2 Å². The van der Waals surface area contributed by atoms with Gasteiger partial charge < -0.3 is 25.5 Å². The standard InChI is InChI=1S/C22H29N7O2/c1-15-13-31-10-9-29(15)19-11-17(22(30)6-4-21(2,14-24)5-7-22)16(12-23)20(27-19)26-18-3-8-25-28-18/h3,8,11-12,15,23,30H,4-7,9-10,13H2,1-2H3,(H2,25,26,27,28)/t15-,21?,22?/m1/s1. The smallest absolute Gasteiger partial charge is 0.143 e. The van der Waals surface area contributed by atoms with E-state index < -0.39 is 11.0 Å². The summed E-state index contributed by atoms with van der Waals surface area (Å²) in [5.41, 5.74) is -0.334. The quantitative estimate of drug-likeness (QED) is 0.543. The molecule has 2 aliphatic rings. The number of rotatable bonds is 5. The molecule has 4 rings (SSSR count). The van der Waals surface area contributed by atoms with Crippen LogP contribution in [0.3, 0.4) is 0 Å². The Hall–Kier alpha value is -2.96. The molecule has 3 heterocycles. The van der Waals surface area contributed by atoms with Crippen LogP contribution >= 0.6 is 0 Å². The van der Waals surface area contributed by atoms with Crippen LogP contribution in [-0.4, -0.2) is 52.3 Å². The number of aliphatic hydroxyl groups is 1. The molecular formula is C22H29N7O2. The molecule has 0 spiro atoms. The number of anilines is 3. The molecule has 1 saturated heterocycles. The van der Waals surface area contributed by atoms with Crippen LogP contribution in [0.1, 0.15) is 50.7 Å². The van der Waals surface area contributed by atoms with Gasteiger partial charge in [-0.25, -0.2) is 4.98 Å². The molecule has 1 aliphatic carbocycles. The fourth-order valence-corrected chi connectivity index (χ4v) is 4.43. The molecule has 0 bridgehead atoms. The van der Waals surface area contributed by atoms with Gasteiger partial charge in [-0.05, 0) is 51.2 Å². The number of nitriles is 1. The number of aromatic nitrogens is 3. The van der Waals surface area contributed by atoms with E-state index in [1.165, 1.54) is 6.21 Å². The minimum Gasteiger partial charge on any atom is -0.385 e. The Balaban J connectivity index is 1.79. The van der Waals surface area contributed by atoms with Gasteiger partial charge in [0.05, 0.1) is 42.5 Å². The first-order valence-corrected chi connectivity index (χ1v) is 10.7. The van der Waals surface area contributed by atoms with Crippen LogP contribution in [0.25, 0.3) is 0 Å². The number of morpholine rings is 1. The summed E-state index contributed by atoms with van der Waals surface area (Å²) in [6.07, 6.45) is 5.01. The first kappa shape index (κ1) is 21.3. The summed E-state index contributed by atoms with van der Waals surface area (Å²) in [6, 6.07) is 6.23. The van der Waals surface area contributed by atoms with Crippen molar-refractivity contribution in [2.75, 3.05) is 30.0 Å². The first-order chi connectivity index (χ1) is 14.9. The molecule has 2 fully saturated rings. The van der Waals surface area contributed by atoms with Gasteiger partial charge in [0.1, 0.15) is 17.5 Å². The van der Waals surface area contributed by atoms with Gasteiger partial charge in [-0.1, -0.05) is 0 Å². The summed E-state index contributed by atoms with van der Waals surface area (Å²) in [5.74, 6) is 1.88. The highest BCUT2D eigenvalue weighted by Gasteiger charge is 2.42. The summed E-state index contributed by atoms with van der Waals surface area (Å²) in [7, 11) is 0. The molecule has 0 unspecified atom stereocenters. The molecule has 2 aromatic heterocycles. The second-order valence-corrected chi connectivity index (χ2v) is 8.85. The summed E-state index contributed by atoms with van der Waals surface area (Å²) in [4.78, 5) is 6.99. The lowest BCUT2D eigenvalue weighted by Gasteiger charge is -2.41. The number of nitrogens with one attached hydrogen (secondary N) is 3. The Morgan fingerprint density at radius 3 is 2.81 bits per heavy atom. The monoisotopic (exact) mass is 423 g/mol. The summed E-state index contributed by atoms with van der Waals surface area (Å²) >= 11 is 0. The zero-order valence-corrected chi connectivity index (χ0v) is 18.0. The van der Waals surface area contributed by atoms with Gasteiger partial charge >= 0.3 is 0 Å². The largest absolute Gasteiger partial charge is 0.385 e. The lowest BCUT2D eigenvalue weighted by molar-refractivity contribution is -0.0232. The van der Waals surface area contributed by atoms with Gasteiger partial charge in [-0.3, -0.25) is 5.10 Å². The molecule has 9 heteroatoms. The van der Waals surface area contributed by atoms with E-state index in [0.717, 1.165) is 5.82 Å². The third kappa shape index (κ3) is 4.13. The summed E-state index contributed by atoms with van der Waals surface area (Å²) in [6.45, 7) is 5.95. The van der Waals surface area contributed by atoms with Crippen molar-refractivity contribution in [3.8, 4) is 6.07 Å². The van der Waals surface area contributed by atoms with Crippen molar-refractivity contribution in [1.82, 2.24) is 15.2 Å². The van der Waals surface area contributed by atoms with Crippen LogP contribution in [0.5, 0.6) is 0 Å². The molecule has 1 atom stereocenters. The Bertz CT molecular complexity index is 974. The van der Waals surface area contributed by atoms with Gasteiger partial charge in [0.2, 0.25) is 0 Å². The third-order valence-corrected chi connectivity index (χ3v) is 6.56. The van der Waals surface area contributed by atoms with E-state index in [-0.39, 0.29) is 6.04 Å². The zero-order valence-electron chi connectivity index (χ0n) is 18.0. The average Bonchev–Trinajstić information content (AvgIpc) is 3.29. The van der Waals surface area contributed by atoms with Crippen molar-refractivity contribution >= 4 is 23.7 Å². The van der Waals surface area contributed by atoms with Gasteiger partial charge in [0, 0.05) is 24.4 Å². The lowest BCUT2D eigenvalue weighted by Crippen LogP contribution is -2.44. The molecule has 4 N–H and O–H groups in total. The minimum absolute atomic E-state index is 0.141. The molecule has 9 nitrogen and oxygen atoms in total. The first-order valence-electron chi connectivity index (χ1n) is 10.7. The van der Waals surface area contributed by atoms with Crippen molar-refractivity contribution in [3.63, 3.8) is 0 Å². The molecule has 1 saturated carbocycles. The van der Waals surface area contributed by atoms with Crippen molar-refractivity contribution in [2.45, 2.75) is 51.2 Å². The van der Waals surface area contributed by atoms with E-state index in [1.54, 1.807) is 12.3 Å². The topological polar surface area (TPSA) is 134 Å². The summed E-state index contributed by atoms with van der Waals surface area (Å²) in [5, 5.41) is 39.4. The van der Waals surface area contributed by atoms with E-state index in [2.05, 4.69) is 33.4 Å². The SMILES string of the molecule is C[C@@H]1COCCN1c1cc(C2(O)CCC(C)(C#N)CC2)c(C=N)c(Nc2ccn[nH]2)n1. The third-order valence-electron chi connectivity index (χ3n) is 6.56. The van der Waals surface area contributed by atoms with Gasteiger partial charge in [-0.15, -0.1) is 0 Å². The van der Waals surface area contributed by atoms with Crippen LogP contribution in [0.4, 0.5) is 17.5 Å². The molecule has 1 aliphatic heterocycles. The van der Waals surface area contributed by atoms with Crippen LogP contribution < -0.4 is 10.2 Å². The highest BCUT2D eigenvalue weighted by molar-refractivity contribution is 5.89. The van der Waals surface area contributed by atoms with Crippen molar-refractivity contribution in [1.29, 1.82) is 10.7 Å². The van der Waals surface area contributed by atoms with Gasteiger partial charge in [0.15, 0.2) is 0 Å². The molecule has 0 radical (unpaired) electrons. The average molecular weight is 424 g/mol. The molecule has 0 aromatic carbocycles. The molecule has 31 heavy (non-hydrogen) atoms. The van der Waals surface area contributed by atoms with E-state index >= 15 is 0 Å². The van der Waals surface area contributed by atoms with Crippen LogP contribution in [0, 0.1) is 22.2 Å². The maximum Gasteiger partial charge on any atom is 0.143 e. The van der Waals surface area contributed by atoms with Crippen LogP contribution in [0.2, 0.25) is 0 Å². The number of nitrogens with zero attached hydrogens (tertiary/aromatic N) is 4. The number of pyridine rings is 1. The predicted molar refractivity (Wildman–Crippen MR) is 118 cm³/mol. The second kappa shape index (κ2) is 8.29. The van der Waals surface area contributed by atoms with E-state index in [9.17, 15) is 10.4 Å². The molecular weight excluding hydrogens is 394 g/mol. The Kier molecular flexibility index (Phi) is 5.69. The highest BCUT2D eigenvalue weighted by atomic mass is 16.5. The number of ether oxygens (including phenoxy) is 1. The molecule has 2 aromatic rings. The maximum atomic E-state index is 11.7. The number of H-pyrrole nitrogens is 1. The number of aromatic amines is 1. The van der Waals surface area contributed by atoms with Crippen molar-refractivity contribution < 1.29 is 9.84 Å². The molecule has 0 amide bonds. The Morgan fingerprint density at radius 2 is 2.19 bits per heavy atom. The maximum absolute atomic E-state index is 11.7. The van der Waals surface area contributed by atoms with Crippen LogP contribution in [-0.2, 0) is 10.3 Å². The molecule has 164 valence electrons. The van der Waals surface area contributed by atoms with E-state index in [4.69, 9.17) is 15.1 Å². The second-order valence-electron chi connectivity index (χ2n) is 8.85. The Morgan fingerprint density at radius 1 is 1.42 bits per heavy atom. The fraction of sp³-hybridized carbons (Fsp3) is 0.545. The van der Waals surface area contributed by atoms with E-state index in [1.807, 2.05) is 13.0 Å². The van der Waals surface area contributed by atoms with Crippen molar-refractivity contribution in [3.05, 3.63) is 29.5 Å². The van der Waals surface area contributed by atoms with Crippen molar-refractivity contribution in [2.24, 2.45) is 5.41 Å². The van der Waals surface area contributed by atoms with Gasteiger partial charge in [0.25, 0.3) is 0 Å². The lowest BCUT2D eigenvalue weighted by atomic mass is 9.68. The fourth-order valence-electron chi connectivity index (χ4n) is 4.43.